The Morgan fingerprint density at radius 3 is 1.34 bits per heavy atom. The molecule has 0 amide bonds. The van der Waals surface area contributed by atoms with Gasteiger partial charge in [-0.1, -0.05) is 135 Å². The van der Waals surface area contributed by atoms with Gasteiger partial charge in [-0.2, -0.15) is 5.26 Å². The number of fused-ring (bicyclic) bond motifs is 4. The van der Waals surface area contributed by atoms with E-state index in [1.54, 1.807) is 6.07 Å². The summed E-state index contributed by atoms with van der Waals surface area (Å²) in [5, 5.41) is 10.0. The quantitative estimate of drug-likeness (QED) is 0.120. The topological polar surface area (TPSA) is 34.6 Å². The van der Waals surface area contributed by atoms with Gasteiger partial charge in [-0.05, 0) is 128 Å². The van der Waals surface area contributed by atoms with Crippen LogP contribution in [0.5, 0.6) is 0 Å². The Kier molecular flexibility index (Phi) is 8.64. The third kappa shape index (κ3) is 6.02. The van der Waals surface area contributed by atoms with Crippen molar-refractivity contribution in [3.05, 3.63) is 217 Å². The van der Waals surface area contributed by atoms with E-state index in [9.17, 15) is 5.26 Å². The molecule has 0 saturated heterocycles. The lowest BCUT2D eigenvalue weighted by atomic mass is 9.33. The van der Waals surface area contributed by atoms with Gasteiger partial charge in [0.1, 0.15) is 0 Å². The summed E-state index contributed by atoms with van der Waals surface area (Å²) < 4.78 is 0. The monoisotopic (exact) mass is 750 g/mol. The summed E-state index contributed by atoms with van der Waals surface area (Å²) in [6, 6.07) is 64.2. The highest BCUT2D eigenvalue weighted by Crippen LogP contribution is 2.46. The fourth-order valence-corrected chi connectivity index (χ4v) is 8.76. The van der Waals surface area contributed by atoms with Crippen molar-refractivity contribution in [1.82, 2.24) is 0 Å². The van der Waals surface area contributed by atoms with E-state index in [4.69, 9.17) is 6.57 Å². The molecule has 274 valence electrons. The molecule has 4 nitrogen and oxygen atoms in total. The maximum Gasteiger partial charge on any atom is 0.252 e. The fourth-order valence-electron chi connectivity index (χ4n) is 8.76. The van der Waals surface area contributed by atoms with Gasteiger partial charge >= 0.3 is 0 Å². The Labute approximate surface area is 345 Å². The number of anilines is 6. The minimum Gasteiger partial charge on any atom is -0.311 e. The molecular weight excluding hydrogens is 715 g/mol. The first kappa shape index (κ1) is 35.3. The lowest BCUT2D eigenvalue weighted by Gasteiger charge is -2.44. The van der Waals surface area contributed by atoms with E-state index in [1.807, 2.05) is 24.3 Å². The van der Waals surface area contributed by atoms with E-state index < -0.39 is 0 Å². The number of nitrogens with zero attached hydrogens (tertiary/aromatic N) is 4. The minimum absolute atomic E-state index is 0.0384. The zero-order valence-corrected chi connectivity index (χ0v) is 32.2. The van der Waals surface area contributed by atoms with E-state index >= 15 is 0 Å². The minimum atomic E-state index is -0.0384. The van der Waals surface area contributed by atoms with Gasteiger partial charge in [0, 0.05) is 39.7 Å². The van der Waals surface area contributed by atoms with Gasteiger partial charge in [0.25, 0.3) is 6.71 Å². The molecule has 0 N–H and O–H groups in total. The highest BCUT2D eigenvalue weighted by molar-refractivity contribution is 7.00. The van der Waals surface area contributed by atoms with Crippen molar-refractivity contribution in [2.75, 3.05) is 9.80 Å². The van der Waals surface area contributed by atoms with E-state index in [1.165, 1.54) is 16.4 Å². The van der Waals surface area contributed by atoms with Crippen molar-refractivity contribution >= 4 is 75.1 Å². The Balaban J connectivity index is 1.21. The molecule has 0 bridgehead atoms. The third-order valence-corrected chi connectivity index (χ3v) is 11.6. The Morgan fingerprint density at radius 1 is 0.492 bits per heavy atom. The number of para-hydroxylation sites is 2. The molecule has 2 aliphatic rings. The number of hydrogen-bond donors (Lipinski definition) is 0. The summed E-state index contributed by atoms with van der Waals surface area (Å²) in [5.74, 6) is 0. The van der Waals surface area contributed by atoms with Crippen LogP contribution < -0.4 is 26.2 Å². The van der Waals surface area contributed by atoms with Gasteiger partial charge in [0.15, 0.2) is 5.69 Å². The molecule has 2 aliphatic heterocycles. The van der Waals surface area contributed by atoms with Crippen LogP contribution in [-0.2, 0) is 0 Å². The average Bonchev–Trinajstić information content (AvgIpc) is 3.31. The fraction of sp³-hybridized carbons (Fsp3) is 0. The van der Waals surface area contributed by atoms with E-state index in [0.29, 0.717) is 11.3 Å². The molecule has 0 radical (unpaired) electrons. The molecule has 8 aromatic rings. The summed E-state index contributed by atoms with van der Waals surface area (Å²) in [7, 11) is 0. The van der Waals surface area contributed by atoms with Gasteiger partial charge in [0.05, 0.1) is 12.6 Å². The second-order valence-electron chi connectivity index (χ2n) is 14.9. The van der Waals surface area contributed by atoms with Crippen molar-refractivity contribution in [3.63, 3.8) is 0 Å². The standard InChI is InChI=1S/C54H35BN4/c1-4-36-14-18-39(19-15-36)41-22-26-46(27-23-41)58-50-12-8-6-10-48(50)55-49-11-7-9-13-51(49)59(47-28-24-42(25-29-47)40-20-16-37(5-2)17-21-40)53-34-44(33-52(58)54(53)55)43-30-38(35-56)31-45(32-43)57-3/h4-34H,1-2H2. The first-order chi connectivity index (χ1) is 29.0. The first-order valence-corrected chi connectivity index (χ1v) is 19.6. The van der Waals surface area contributed by atoms with E-state index in [2.05, 4.69) is 192 Å². The van der Waals surface area contributed by atoms with Crippen molar-refractivity contribution in [2.24, 2.45) is 0 Å². The van der Waals surface area contributed by atoms with Crippen molar-refractivity contribution < 1.29 is 0 Å². The second-order valence-corrected chi connectivity index (χ2v) is 14.9. The van der Waals surface area contributed by atoms with E-state index in [0.717, 1.165) is 78.6 Å². The molecule has 0 fully saturated rings. The highest BCUT2D eigenvalue weighted by Gasteiger charge is 2.43. The molecule has 0 atom stereocenters. The molecule has 8 aromatic carbocycles. The Bertz CT molecular complexity index is 2840. The summed E-state index contributed by atoms with van der Waals surface area (Å²) >= 11 is 0. The van der Waals surface area contributed by atoms with Crippen LogP contribution >= 0.6 is 0 Å². The molecule has 0 spiro atoms. The SMILES string of the molecule is [C-]#[N+]c1cc(C#N)cc(-c2cc3c4c(c2)N(c2ccc(-c5ccc(C=C)cc5)cc2)c2ccccc2B4c2ccccc2N3c2ccc(-c3ccc(C=C)cc3)cc2)c1. The van der Waals surface area contributed by atoms with Crippen LogP contribution in [0.4, 0.5) is 39.8 Å². The van der Waals surface area contributed by atoms with Crippen molar-refractivity contribution in [3.8, 4) is 39.4 Å². The molecular formula is C54H35BN4. The van der Waals surface area contributed by atoms with Crippen molar-refractivity contribution in [1.29, 1.82) is 5.26 Å². The van der Waals surface area contributed by atoms with E-state index in [-0.39, 0.29) is 6.71 Å². The molecule has 59 heavy (non-hydrogen) atoms. The van der Waals surface area contributed by atoms with Crippen molar-refractivity contribution in [2.45, 2.75) is 0 Å². The normalized spacial score (nSPS) is 12.1. The Hall–Kier alpha value is -8.12. The van der Waals surface area contributed by atoms with Crippen LogP contribution in [0.2, 0.25) is 0 Å². The molecule has 0 saturated carbocycles. The number of benzene rings is 8. The van der Waals surface area contributed by atoms with Gasteiger partial charge < -0.3 is 9.80 Å². The van der Waals surface area contributed by atoms with Gasteiger partial charge in [-0.15, -0.1) is 0 Å². The Morgan fingerprint density at radius 2 is 0.915 bits per heavy atom. The number of hydrogen-bond acceptors (Lipinski definition) is 3. The second kappa shape index (κ2) is 14.4. The third-order valence-electron chi connectivity index (χ3n) is 11.6. The summed E-state index contributed by atoms with van der Waals surface area (Å²) in [6.45, 7) is 15.7. The van der Waals surface area contributed by atoms with Crippen LogP contribution in [0.15, 0.2) is 189 Å². The molecule has 2 heterocycles. The zero-order chi connectivity index (χ0) is 40.0. The summed E-state index contributed by atoms with van der Waals surface area (Å²) in [6.07, 6.45) is 3.72. The lowest BCUT2D eigenvalue weighted by Crippen LogP contribution is -2.61. The van der Waals surface area contributed by atoms with Crippen LogP contribution in [0, 0.1) is 17.9 Å². The predicted molar refractivity (Wildman–Crippen MR) is 248 cm³/mol. The average molecular weight is 751 g/mol. The van der Waals surface area contributed by atoms with Gasteiger partial charge in [-0.25, -0.2) is 4.85 Å². The molecule has 0 aliphatic carbocycles. The molecule has 0 aromatic heterocycles. The maximum atomic E-state index is 10.0. The first-order valence-electron chi connectivity index (χ1n) is 19.6. The van der Waals surface area contributed by atoms with Gasteiger partial charge in [0.2, 0.25) is 0 Å². The van der Waals surface area contributed by atoms with Crippen LogP contribution in [0.3, 0.4) is 0 Å². The number of nitriles is 1. The van der Waals surface area contributed by atoms with Crippen LogP contribution in [-0.4, -0.2) is 6.71 Å². The molecule has 0 unspecified atom stereocenters. The summed E-state index contributed by atoms with van der Waals surface area (Å²) in [4.78, 5) is 8.52. The smallest absolute Gasteiger partial charge is 0.252 e. The molecule has 5 heteroatoms. The lowest BCUT2D eigenvalue weighted by molar-refractivity contribution is 1.25. The van der Waals surface area contributed by atoms with Crippen LogP contribution in [0.1, 0.15) is 16.7 Å². The van der Waals surface area contributed by atoms with Crippen LogP contribution in [0.25, 0.3) is 50.4 Å². The highest BCUT2D eigenvalue weighted by atomic mass is 15.2. The zero-order valence-electron chi connectivity index (χ0n) is 32.2. The summed E-state index contributed by atoms with van der Waals surface area (Å²) in [5.41, 5.74) is 19.4. The largest absolute Gasteiger partial charge is 0.311 e. The van der Waals surface area contributed by atoms with Gasteiger partial charge in [-0.3, -0.25) is 0 Å². The maximum absolute atomic E-state index is 10.0. The number of rotatable bonds is 7. The molecule has 10 rings (SSSR count). The predicted octanol–water partition coefficient (Wildman–Crippen LogP) is 12.5.